The van der Waals surface area contributed by atoms with Crippen molar-refractivity contribution >= 4 is 40.3 Å². The molecule has 65 heavy (non-hydrogen) atoms. The molecular weight excluding hydrogens is 869 g/mol. The molecule has 0 aliphatic carbocycles. The van der Waals surface area contributed by atoms with Gasteiger partial charge in [-0.1, -0.05) is 12.1 Å². The molecule has 354 valence electrons. The van der Waals surface area contributed by atoms with Crippen molar-refractivity contribution in [2.45, 2.75) is 94.1 Å². The molecule has 3 aliphatic heterocycles. The van der Waals surface area contributed by atoms with Crippen LogP contribution >= 0.6 is 0 Å². The lowest BCUT2D eigenvalue weighted by Gasteiger charge is -2.34. The predicted molar refractivity (Wildman–Crippen MR) is 224 cm³/mol. The number of alkyl halides is 6. The number of nitrogens with zero attached hydrogens (tertiary/aromatic N) is 8. The molecule has 4 aromatic rings. The Hall–Kier alpha value is -5.23. The number of piperidine rings is 1. The number of carbonyl (C=O) groups excluding carboxylic acids is 2. The number of fused-ring (bicyclic) bond motifs is 1. The number of rotatable bonds is 19. The van der Waals surface area contributed by atoms with E-state index in [9.17, 15) is 51.3 Å². The third-order valence-electron chi connectivity index (χ3n) is 12.2. The van der Waals surface area contributed by atoms with Gasteiger partial charge < -0.3 is 45.8 Å². The second-order valence-corrected chi connectivity index (χ2v) is 16.7. The Morgan fingerprint density at radius 2 is 1.68 bits per heavy atom. The van der Waals surface area contributed by atoms with Gasteiger partial charge in [0, 0.05) is 58.2 Å². The minimum atomic E-state index is -4.82. The fourth-order valence-corrected chi connectivity index (χ4v) is 8.61. The number of hydrogen-bond donors (Lipinski definition) is 6. The summed E-state index contributed by atoms with van der Waals surface area (Å²) >= 11 is 0. The maximum Gasteiger partial charge on any atom is 0.451 e. The van der Waals surface area contributed by atoms with Crippen LogP contribution in [0.1, 0.15) is 74.5 Å². The van der Waals surface area contributed by atoms with Gasteiger partial charge in [0.05, 0.1) is 31.1 Å². The van der Waals surface area contributed by atoms with E-state index in [0.29, 0.717) is 107 Å². The fourth-order valence-electron chi connectivity index (χ4n) is 8.61. The molecule has 1 amide bonds. The van der Waals surface area contributed by atoms with Gasteiger partial charge in [-0.3, -0.25) is 14.2 Å². The van der Waals surface area contributed by atoms with Crippen molar-refractivity contribution < 1.29 is 56.0 Å². The molecule has 0 saturated carbocycles. The zero-order chi connectivity index (χ0) is 46.4. The average Bonchev–Trinajstić information content (AvgIpc) is 4.02. The first kappa shape index (κ1) is 47.7. The lowest BCUT2D eigenvalue weighted by atomic mass is 9.91. The Bertz CT molecular complexity index is 2240. The maximum atomic E-state index is 14.1. The number of benzene rings is 1. The van der Waals surface area contributed by atoms with Crippen molar-refractivity contribution in [2.24, 2.45) is 5.92 Å². The molecule has 7 rings (SSSR count). The summed E-state index contributed by atoms with van der Waals surface area (Å²) in [5, 5.41) is 39.6. The van der Waals surface area contributed by atoms with Crippen molar-refractivity contribution in [1.82, 2.24) is 40.1 Å². The van der Waals surface area contributed by atoms with Crippen molar-refractivity contribution in [2.75, 3.05) is 74.1 Å². The Balaban J connectivity index is 0.839. The van der Waals surface area contributed by atoms with Crippen LogP contribution in [-0.2, 0) is 33.1 Å². The first-order valence-corrected chi connectivity index (χ1v) is 21.7. The lowest BCUT2D eigenvalue weighted by molar-refractivity contribution is -0.144. The van der Waals surface area contributed by atoms with Crippen molar-refractivity contribution in [1.29, 1.82) is 0 Å². The molecule has 0 bridgehead atoms. The van der Waals surface area contributed by atoms with Gasteiger partial charge in [0.1, 0.15) is 29.7 Å². The van der Waals surface area contributed by atoms with Crippen LogP contribution in [0.5, 0.6) is 0 Å². The summed E-state index contributed by atoms with van der Waals surface area (Å²) < 4.78 is 88.1. The highest BCUT2D eigenvalue weighted by Crippen LogP contribution is 2.37. The summed E-state index contributed by atoms with van der Waals surface area (Å²) in [5.41, 5.74) is -0.947. The minimum Gasteiger partial charge on any atom is -0.396 e. The normalized spacial score (nSPS) is 22.0. The van der Waals surface area contributed by atoms with Crippen molar-refractivity contribution in [3.63, 3.8) is 0 Å². The number of nitrogens with one attached hydrogen (secondary N) is 3. The second kappa shape index (κ2) is 20.5. The van der Waals surface area contributed by atoms with Gasteiger partial charge in [-0.2, -0.15) is 26.3 Å². The number of aromatic nitrogens is 6. The Labute approximate surface area is 370 Å². The molecule has 0 spiro atoms. The van der Waals surface area contributed by atoms with Gasteiger partial charge in [0.15, 0.2) is 29.0 Å². The molecule has 3 fully saturated rings. The highest BCUT2D eigenvalue weighted by molar-refractivity contribution is 5.89. The van der Waals surface area contributed by atoms with Gasteiger partial charge in [-0.25, -0.2) is 24.9 Å². The number of ketones is 1. The van der Waals surface area contributed by atoms with E-state index < -0.39 is 47.7 Å². The monoisotopic (exact) mass is 921 g/mol. The summed E-state index contributed by atoms with van der Waals surface area (Å²) in [6.07, 6.45) is -4.42. The number of carbonyl (C=O) groups is 2. The fraction of sp³-hybridized carbons (Fsp3) is 0.595. The van der Waals surface area contributed by atoms with E-state index in [2.05, 4.69) is 40.9 Å². The number of amides is 1. The molecule has 2 unspecified atom stereocenters. The molecule has 6 N–H and O–H groups in total. The average molecular weight is 922 g/mol. The molecule has 3 aromatic heterocycles. The SMILES string of the molecule is O=C(CCCC1CCN(c2cc(N3CCC[C@H]3C(=O)CNCCc3ccc(C(F)(F)F)cc3)nc(C(F)(F)F)n2)CC1)NCCNc1ncnc2c1ncn2[C@@H]1OCC(O)(CCO)C1O. The van der Waals surface area contributed by atoms with Crippen LogP contribution in [0.15, 0.2) is 43.0 Å². The van der Waals surface area contributed by atoms with Crippen molar-refractivity contribution in [3.05, 3.63) is 59.9 Å². The van der Waals surface area contributed by atoms with Crippen LogP contribution in [0.3, 0.4) is 0 Å². The molecule has 3 aliphatic rings. The molecule has 17 nitrogen and oxygen atoms in total. The standard InChI is InChI=1S/C42H53F6N11O6/c43-41(44,45)28-8-6-27(7-9-28)10-14-49-22-30(61)29-4-2-17-58(29)32-21-31(55-39(56-32)42(46,47)48)57-18-11-26(12-19-57)3-1-5-33(62)50-15-16-51-36-34-37(53-24-52-36)59(25-54-34)38-35(63)40(64,13-20-60)23-65-38/h6-9,21,24-26,29,35,38,49,60,63-64H,1-5,10-20,22-23H2,(H,50,62)(H,51,52,53)/t29-,35?,38+,40?/m0/s1. The molecular formula is C42H53F6N11O6. The van der Waals surface area contributed by atoms with E-state index in [4.69, 9.17) is 4.74 Å². The van der Waals surface area contributed by atoms with E-state index >= 15 is 0 Å². The molecule has 1 aromatic carbocycles. The molecule has 0 radical (unpaired) electrons. The van der Waals surface area contributed by atoms with E-state index in [0.717, 1.165) is 18.6 Å². The number of anilines is 3. The van der Waals surface area contributed by atoms with E-state index in [1.807, 2.05) is 0 Å². The van der Waals surface area contributed by atoms with Gasteiger partial charge in [0.2, 0.25) is 11.7 Å². The Morgan fingerprint density at radius 1 is 0.923 bits per heavy atom. The van der Waals surface area contributed by atoms with Gasteiger partial charge >= 0.3 is 12.4 Å². The molecule has 4 atom stereocenters. The number of aliphatic hydroxyl groups excluding tert-OH is 2. The van der Waals surface area contributed by atoms with Crippen LogP contribution < -0.4 is 25.8 Å². The zero-order valence-electron chi connectivity index (χ0n) is 35.5. The minimum absolute atomic E-state index is 0.0254. The van der Waals surface area contributed by atoms with Crippen LogP contribution in [0, 0.1) is 5.92 Å². The Morgan fingerprint density at radius 3 is 2.40 bits per heavy atom. The topological polar surface area (TPSA) is 216 Å². The smallest absolute Gasteiger partial charge is 0.396 e. The van der Waals surface area contributed by atoms with Gasteiger partial charge in [0.25, 0.3) is 0 Å². The number of halogens is 6. The number of Topliss-reactive ketones (excluding diaryl/α,β-unsaturated/α-hetero) is 1. The first-order valence-electron chi connectivity index (χ1n) is 21.7. The summed E-state index contributed by atoms with van der Waals surface area (Å²) in [4.78, 5) is 50.0. The highest BCUT2D eigenvalue weighted by atomic mass is 19.4. The molecule has 3 saturated heterocycles. The van der Waals surface area contributed by atoms with Gasteiger partial charge in [-0.15, -0.1) is 0 Å². The van der Waals surface area contributed by atoms with Gasteiger partial charge in [-0.05, 0) is 75.1 Å². The summed E-state index contributed by atoms with van der Waals surface area (Å²) in [7, 11) is 0. The van der Waals surface area contributed by atoms with Crippen molar-refractivity contribution in [3.8, 4) is 0 Å². The Kier molecular flexibility index (Phi) is 15.1. The van der Waals surface area contributed by atoms with Crippen LogP contribution in [0.4, 0.5) is 43.8 Å². The number of aliphatic hydroxyl groups is 3. The highest BCUT2D eigenvalue weighted by Gasteiger charge is 2.49. The van der Waals surface area contributed by atoms with Crippen LogP contribution in [0.2, 0.25) is 0 Å². The van der Waals surface area contributed by atoms with E-state index in [-0.39, 0.29) is 55.4 Å². The summed E-state index contributed by atoms with van der Waals surface area (Å²) in [6.45, 7) is 1.62. The van der Waals surface area contributed by atoms with Crippen LogP contribution in [0.25, 0.3) is 11.2 Å². The number of imidazole rings is 1. The first-order chi connectivity index (χ1) is 31.0. The lowest BCUT2D eigenvalue weighted by Crippen LogP contribution is -2.43. The summed E-state index contributed by atoms with van der Waals surface area (Å²) in [5.74, 6) is -0.829. The third kappa shape index (κ3) is 11.6. The quantitative estimate of drug-likeness (QED) is 0.0585. The number of ether oxygens (including phenoxy) is 1. The number of hydrogen-bond acceptors (Lipinski definition) is 15. The predicted octanol–water partition coefficient (Wildman–Crippen LogP) is 3.64. The third-order valence-corrected chi connectivity index (χ3v) is 12.2. The van der Waals surface area contributed by atoms with E-state index in [1.165, 1.54) is 35.4 Å². The zero-order valence-corrected chi connectivity index (χ0v) is 35.5. The molecule has 23 heteroatoms. The van der Waals surface area contributed by atoms with E-state index in [1.54, 1.807) is 9.80 Å². The van der Waals surface area contributed by atoms with Crippen LogP contribution in [-0.4, -0.2) is 133 Å². The second-order valence-electron chi connectivity index (χ2n) is 16.7. The largest absolute Gasteiger partial charge is 0.451 e. The summed E-state index contributed by atoms with van der Waals surface area (Å²) in [6, 6.07) is 5.59. The molecule has 6 heterocycles. The maximum absolute atomic E-state index is 14.1.